The SMILES string of the molecule is Cc1ccc(-c2ccn(-c3ccc4c5c(n(C)c4c3)CNCCC5)c(=O)c2)nc1. The van der Waals surface area contributed by atoms with Crippen LogP contribution in [0.15, 0.2) is 59.7 Å². The van der Waals surface area contributed by atoms with Gasteiger partial charge in [-0.1, -0.05) is 12.1 Å². The van der Waals surface area contributed by atoms with Crippen molar-refractivity contribution in [3.63, 3.8) is 0 Å². The maximum Gasteiger partial charge on any atom is 0.255 e. The number of hydrogen-bond donors (Lipinski definition) is 1. The summed E-state index contributed by atoms with van der Waals surface area (Å²) >= 11 is 0. The molecule has 0 unspecified atom stereocenters. The number of nitrogens with zero attached hydrogens (tertiary/aromatic N) is 3. The molecule has 29 heavy (non-hydrogen) atoms. The van der Waals surface area contributed by atoms with Gasteiger partial charge in [0.2, 0.25) is 0 Å². The van der Waals surface area contributed by atoms with Crippen molar-refractivity contribution in [1.29, 1.82) is 0 Å². The largest absolute Gasteiger partial charge is 0.346 e. The number of pyridine rings is 2. The molecule has 5 heteroatoms. The summed E-state index contributed by atoms with van der Waals surface area (Å²) in [6.07, 6.45) is 5.91. The lowest BCUT2D eigenvalue weighted by molar-refractivity contribution is 0.661. The van der Waals surface area contributed by atoms with E-state index in [-0.39, 0.29) is 5.56 Å². The normalized spacial score (nSPS) is 14.0. The third-order valence-electron chi connectivity index (χ3n) is 5.90. The number of fused-ring (bicyclic) bond motifs is 3. The Hall–Kier alpha value is -3.18. The predicted octanol–water partition coefficient (Wildman–Crippen LogP) is 3.74. The van der Waals surface area contributed by atoms with Crippen molar-refractivity contribution >= 4 is 10.9 Å². The molecule has 0 atom stereocenters. The molecule has 0 amide bonds. The Kier molecular flexibility index (Phi) is 4.32. The molecule has 1 aliphatic heterocycles. The summed E-state index contributed by atoms with van der Waals surface area (Å²) in [7, 11) is 2.12. The molecule has 4 heterocycles. The lowest BCUT2D eigenvalue weighted by Gasteiger charge is -2.09. The average Bonchev–Trinajstić information content (AvgIpc) is 2.89. The van der Waals surface area contributed by atoms with Gasteiger partial charge in [-0.05, 0) is 61.7 Å². The molecule has 1 aliphatic rings. The van der Waals surface area contributed by atoms with Gasteiger partial charge in [-0.2, -0.15) is 0 Å². The molecule has 0 saturated heterocycles. The van der Waals surface area contributed by atoms with Crippen LogP contribution in [0.3, 0.4) is 0 Å². The van der Waals surface area contributed by atoms with Crippen LogP contribution < -0.4 is 10.9 Å². The molecule has 146 valence electrons. The minimum Gasteiger partial charge on any atom is -0.346 e. The van der Waals surface area contributed by atoms with Gasteiger partial charge in [0.25, 0.3) is 5.56 Å². The highest BCUT2D eigenvalue weighted by molar-refractivity contribution is 5.87. The molecular weight excluding hydrogens is 360 g/mol. The summed E-state index contributed by atoms with van der Waals surface area (Å²) in [6.45, 7) is 3.96. The van der Waals surface area contributed by atoms with Gasteiger partial charge in [0, 0.05) is 48.7 Å². The first-order chi connectivity index (χ1) is 14.1. The van der Waals surface area contributed by atoms with Gasteiger partial charge in [-0.15, -0.1) is 0 Å². The standard InChI is InChI=1S/C24H24N4O/c1-16-5-8-21(26-14-16)17-9-11-28(24(29)12-17)18-6-7-20-19-4-3-10-25-15-23(19)27(2)22(20)13-18/h5-9,11-14,25H,3-4,10,15H2,1-2H3. The summed E-state index contributed by atoms with van der Waals surface area (Å²) in [5, 5.41) is 4.80. The second-order valence-corrected chi connectivity index (χ2v) is 7.81. The summed E-state index contributed by atoms with van der Waals surface area (Å²) in [4.78, 5) is 17.3. The van der Waals surface area contributed by atoms with E-state index >= 15 is 0 Å². The molecule has 0 fully saturated rings. The van der Waals surface area contributed by atoms with E-state index in [0.29, 0.717) is 0 Å². The zero-order chi connectivity index (χ0) is 20.0. The molecular formula is C24H24N4O. The number of rotatable bonds is 2. The van der Waals surface area contributed by atoms with Crippen molar-refractivity contribution in [3.8, 4) is 16.9 Å². The predicted molar refractivity (Wildman–Crippen MR) is 117 cm³/mol. The fourth-order valence-corrected chi connectivity index (χ4v) is 4.30. The first kappa shape index (κ1) is 17.9. The van der Waals surface area contributed by atoms with Gasteiger partial charge in [0.15, 0.2) is 0 Å². The van der Waals surface area contributed by atoms with Gasteiger partial charge in [-0.3, -0.25) is 14.3 Å². The zero-order valence-electron chi connectivity index (χ0n) is 16.8. The van der Waals surface area contributed by atoms with Gasteiger partial charge >= 0.3 is 0 Å². The number of aryl methyl sites for hydroxylation is 3. The number of aromatic nitrogens is 3. The number of hydrogen-bond acceptors (Lipinski definition) is 3. The van der Waals surface area contributed by atoms with Crippen LogP contribution in [0.25, 0.3) is 27.8 Å². The van der Waals surface area contributed by atoms with Crippen LogP contribution in [0, 0.1) is 6.92 Å². The molecule has 0 bridgehead atoms. The first-order valence-electron chi connectivity index (χ1n) is 10.1. The lowest BCUT2D eigenvalue weighted by atomic mass is 10.1. The van der Waals surface area contributed by atoms with Gasteiger partial charge in [-0.25, -0.2) is 0 Å². The summed E-state index contributed by atoms with van der Waals surface area (Å²) in [6, 6.07) is 13.9. The van der Waals surface area contributed by atoms with E-state index < -0.39 is 0 Å². The van der Waals surface area contributed by atoms with E-state index in [1.54, 1.807) is 10.6 Å². The van der Waals surface area contributed by atoms with Crippen molar-refractivity contribution < 1.29 is 0 Å². The molecule has 1 aromatic carbocycles. The highest BCUT2D eigenvalue weighted by Gasteiger charge is 2.17. The van der Waals surface area contributed by atoms with Crippen molar-refractivity contribution in [2.45, 2.75) is 26.3 Å². The molecule has 3 aromatic heterocycles. The Labute approximate surface area is 169 Å². The van der Waals surface area contributed by atoms with Crippen LogP contribution in [-0.2, 0) is 20.0 Å². The molecule has 0 saturated carbocycles. The fourth-order valence-electron chi connectivity index (χ4n) is 4.30. The first-order valence-corrected chi connectivity index (χ1v) is 10.1. The Bertz CT molecular complexity index is 1260. The highest BCUT2D eigenvalue weighted by atomic mass is 16.1. The second-order valence-electron chi connectivity index (χ2n) is 7.81. The van der Waals surface area contributed by atoms with Crippen LogP contribution in [0.2, 0.25) is 0 Å². The Morgan fingerprint density at radius 2 is 2.00 bits per heavy atom. The Balaban J connectivity index is 1.58. The molecule has 0 radical (unpaired) electrons. The van der Waals surface area contributed by atoms with Crippen molar-refractivity contribution in [2.24, 2.45) is 7.05 Å². The average molecular weight is 384 g/mol. The van der Waals surface area contributed by atoms with Crippen LogP contribution >= 0.6 is 0 Å². The van der Waals surface area contributed by atoms with Crippen LogP contribution in [0.1, 0.15) is 23.2 Å². The van der Waals surface area contributed by atoms with E-state index in [2.05, 4.69) is 34.0 Å². The monoisotopic (exact) mass is 384 g/mol. The third-order valence-corrected chi connectivity index (χ3v) is 5.90. The highest BCUT2D eigenvalue weighted by Crippen LogP contribution is 2.29. The van der Waals surface area contributed by atoms with E-state index in [0.717, 1.165) is 48.4 Å². The molecule has 0 aliphatic carbocycles. The Morgan fingerprint density at radius 1 is 1.10 bits per heavy atom. The van der Waals surface area contributed by atoms with Crippen LogP contribution in [-0.4, -0.2) is 20.7 Å². The minimum absolute atomic E-state index is 0.0540. The zero-order valence-corrected chi connectivity index (χ0v) is 16.8. The number of benzene rings is 1. The summed E-state index contributed by atoms with van der Waals surface area (Å²) in [5.41, 5.74) is 7.54. The van der Waals surface area contributed by atoms with Crippen LogP contribution in [0.5, 0.6) is 0 Å². The molecule has 1 N–H and O–H groups in total. The van der Waals surface area contributed by atoms with Gasteiger partial charge in [0.05, 0.1) is 16.9 Å². The quantitative estimate of drug-likeness (QED) is 0.573. The lowest BCUT2D eigenvalue weighted by Crippen LogP contribution is -2.16. The topological polar surface area (TPSA) is 51.9 Å². The number of nitrogens with one attached hydrogen (secondary N) is 1. The van der Waals surface area contributed by atoms with E-state index in [1.807, 2.05) is 43.6 Å². The van der Waals surface area contributed by atoms with Crippen molar-refractivity contribution in [2.75, 3.05) is 6.54 Å². The van der Waals surface area contributed by atoms with E-state index in [1.165, 1.54) is 22.2 Å². The minimum atomic E-state index is -0.0540. The van der Waals surface area contributed by atoms with Crippen LogP contribution in [0.4, 0.5) is 0 Å². The molecule has 4 aromatic rings. The van der Waals surface area contributed by atoms with Gasteiger partial charge < -0.3 is 9.88 Å². The molecule has 0 spiro atoms. The molecule has 5 rings (SSSR count). The van der Waals surface area contributed by atoms with Crippen molar-refractivity contribution in [3.05, 3.63) is 82.0 Å². The summed E-state index contributed by atoms with van der Waals surface area (Å²) in [5.74, 6) is 0. The molecule has 5 nitrogen and oxygen atoms in total. The maximum absolute atomic E-state index is 12.9. The summed E-state index contributed by atoms with van der Waals surface area (Å²) < 4.78 is 3.97. The van der Waals surface area contributed by atoms with Crippen molar-refractivity contribution in [1.82, 2.24) is 19.4 Å². The smallest absolute Gasteiger partial charge is 0.255 e. The van der Waals surface area contributed by atoms with E-state index in [4.69, 9.17) is 0 Å². The third kappa shape index (κ3) is 3.08. The second kappa shape index (κ2) is 7.01. The van der Waals surface area contributed by atoms with Gasteiger partial charge in [0.1, 0.15) is 0 Å². The van der Waals surface area contributed by atoms with E-state index in [9.17, 15) is 4.79 Å². The fraction of sp³-hybridized carbons (Fsp3) is 0.250. The Morgan fingerprint density at radius 3 is 2.79 bits per heavy atom. The maximum atomic E-state index is 12.9.